The number of hydrogen-bond acceptors (Lipinski definition) is 3. The van der Waals surface area contributed by atoms with Gasteiger partial charge in [-0.2, -0.15) is 0 Å². The molecule has 2 aliphatic heterocycles. The largest absolute Gasteiger partial charge is 0.339 e. The van der Waals surface area contributed by atoms with Crippen LogP contribution in [0.25, 0.3) is 0 Å². The molecule has 0 bridgehead atoms. The van der Waals surface area contributed by atoms with Gasteiger partial charge in [0.1, 0.15) is 0 Å². The number of amides is 3. The lowest BCUT2D eigenvalue weighted by atomic mass is 10.1. The highest BCUT2D eigenvalue weighted by Gasteiger charge is 2.27. The molecule has 2 aliphatic rings. The summed E-state index contributed by atoms with van der Waals surface area (Å²) in [6.07, 6.45) is 2.88. The first-order valence-corrected chi connectivity index (χ1v) is 8.20. The molecule has 2 saturated heterocycles. The highest BCUT2D eigenvalue weighted by molar-refractivity contribution is 5.78. The zero-order valence-corrected chi connectivity index (χ0v) is 13.3. The van der Waals surface area contributed by atoms with E-state index in [9.17, 15) is 9.59 Å². The van der Waals surface area contributed by atoms with E-state index in [1.807, 2.05) is 28.5 Å². The molecule has 0 spiro atoms. The second-order valence-corrected chi connectivity index (χ2v) is 5.82. The van der Waals surface area contributed by atoms with Crippen LogP contribution in [0.4, 0.5) is 4.79 Å². The van der Waals surface area contributed by atoms with E-state index >= 15 is 0 Å². The third-order valence-electron chi connectivity index (χ3n) is 4.52. The number of urea groups is 1. The summed E-state index contributed by atoms with van der Waals surface area (Å²) in [5, 5.41) is 3.37. The molecule has 1 unspecified atom stereocenters. The van der Waals surface area contributed by atoms with Crippen molar-refractivity contribution in [1.29, 1.82) is 0 Å². The molecule has 0 aliphatic carbocycles. The molecule has 2 heterocycles. The van der Waals surface area contributed by atoms with Crippen LogP contribution in [0.15, 0.2) is 0 Å². The van der Waals surface area contributed by atoms with Gasteiger partial charge >= 0.3 is 6.03 Å². The van der Waals surface area contributed by atoms with Gasteiger partial charge < -0.3 is 20.0 Å². The Hall–Kier alpha value is -1.30. The smallest absolute Gasteiger partial charge is 0.320 e. The summed E-state index contributed by atoms with van der Waals surface area (Å²) in [6.45, 7) is 9.13. The molecular formula is C15H28N4O2. The molecule has 6 nitrogen and oxygen atoms in total. The number of rotatable bonds is 4. The van der Waals surface area contributed by atoms with Gasteiger partial charge in [-0.05, 0) is 33.2 Å². The molecule has 2 fully saturated rings. The highest BCUT2D eigenvalue weighted by Crippen LogP contribution is 2.12. The van der Waals surface area contributed by atoms with Crippen molar-refractivity contribution in [2.24, 2.45) is 0 Å². The third kappa shape index (κ3) is 4.09. The van der Waals surface area contributed by atoms with Crippen LogP contribution in [0.3, 0.4) is 0 Å². The fraction of sp³-hybridized carbons (Fsp3) is 0.867. The molecule has 1 N–H and O–H groups in total. The normalized spacial score (nSPS) is 22.5. The molecule has 6 heteroatoms. The van der Waals surface area contributed by atoms with Crippen LogP contribution in [-0.4, -0.2) is 78.5 Å². The van der Waals surface area contributed by atoms with Crippen LogP contribution in [0.5, 0.6) is 0 Å². The van der Waals surface area contributed by atoms with Crippen molar-refractivity contribution in [3.8, 4) is 0 Å². The SMILES string of the molecule is CCN(CC)C(=O)N1CCN(C(=O)CC2CCCN2)CC1. The second-order valence-electron chi connectivity index (χ2n) is 5.82. The van der Waals surface area contributed by atoms with Gasteiger partial charge in [0.25, 0.3) is 0 Å². The zero-order valence-electron chi connectivity index (χ0n) is 13.3. The molecule has 0 radical (unpaired) electrons. The minimum atomic E-state index is 0.101. The van der Waals surface area contributed by atoms with Crippen molar-refractivity contribution in [3.63, 3.8) is 0 Å². The van der Waals surface area contributed by atoms with Gasteiger partial charge in [-0.15, -0.1) is 0 Å². The van der Waals surface area contributed by atoms with E-state index in [4.69, 9.17) is 0 Å². The van der Waals surface area contributed by atoms with Crippen molar-refractivity contribution >= 4 is 11.9 Å². The number of carbonyl (C=O) groups excluding carboxylic acids is 2. The van der Waals surface area contributed by atoms with Gasteiger partial charge in [0, 0.05) is 51.7 Å². The van der Waals surface area contributed by atoms with Crippen molar-refractivity contribution in [1.82, 2.24) is 20.0 Å². The second kappa shape index (κ2) is 7.64. The van der Waals surface area contributed by atoms with E-state index in [1.54, 1.807) is 0 Å². The molecule has 3 amide bonds. The van der Waals surface area contributed by atoms with Gasteiger partial charge in [-0.3, -0.25) is 4.79 Å². The maximum absolute atomic E-state index is 12.3. The van der Waals surface area contributed by atoms with Crippen LogP contribution in [-0.2, 0) is 4.79 Å². The standard InChI is InChI=1S/C15H28N4O2/c1-3-17(4-2)15(21)19-10-8-18(9-11-19)14(20)12-13-6-5-7-16-13/h13,16H,3-12H2,1-2H3. The van der Waals surface area contributed by atoms with Gasteiger partial charge in [0.05, 0.1) is 0 Å². The first kappa shape index (κ1) is 16.1. The van der Waals surface area contributed by atoms with Gasteiger partial charge in [0.2, 0.25) is 5.91 Å². The van der Waals surface area contributed by atoms with Crippen molar-refractivity contribution in [3.05, 3.63) is 0 Å². The van der Waals surface area contributed by atoms with E-state index in [0.29, 0.717) is 38.6 Å². The Labute approximate surface area is 127 Å². The topological polar surface area (TPSA) is 55.9 Å². The Morgan fingerprint density at radius 3 is 2.24 bits per heavy atom. The fourth-order valence-corrected chi connectivity index (χ4v) is 3.11. The maximum Gasteiger partial charge on any atom is 0.320 e. The van der Waals surface area contributed by atoms with Crippen molar-refractivity contribution < 1.29 is 9.59 Å². The summed E-state index contributed by atoms with van der Waals surface area (Å²) < 4.78 is 0. The van der Waals surface area contributed by atoms with Crippen LogP contribution >= 0.6 is 0 Å². The molecule has 0 aromatic carbocycles. The van der Waals surface area contributed by atoms with Crippen LogP contribution in [0.1, 0.15) is 33.1 Å². The molecule has 21 heavy (non-hydrogen) atoms. The van der Waals surface area contributed by atoms with E-state index < -0.39 is 0 Å². The van der Waals surface area contributed by atoms with E-state index in [2.05, 4.69) is 5.32 Å². The predicted molar refractivity (Wildman–Crippen MR) is 82.1 cm³/mol. The number of hydrogen-bond donors (Lipinski definition) is 1. The zero-order chi connectivity index (χ0) is 15.2. The number of piperazine rings is 1. The molecule has 0 saturated carbocycles. The predicted octanol–water partition coefficient (Wildman–Crippen LogP) is 0.735. The minimum Gasteiger partial charge on any atom is -0.339 e. The van der Waals surface area contributed by atoms with E-state index in [0.717, 1.165) is 26.1 Å². The van der Waals surface area contributed by atoms with Gasteiger partial charge in [-0.25, -0.2) is 4.79 Å². The average Bonchev–Trinajstić information content (AvgIpc) is 3.01. The minimum absolute atomic E-state index is 0.101. The number of nitrogens with one attached hydrogen (secondary N) is 1. The Bertz CT molecular complexity index is 357. The molecule has 0 aromatic rings. The van der Waals surface area contributed by atoms with Crippen LogP contribution < -0.4 is 5.32 Å². The summed E-state index contributed by atoms with van der Waals surface area (Å²) in [6, 6.07) is 0.456. The molecule has 1 atom stereocenters. The number of carbonyl (C=O) groups is 2. The van der Waals surface area contributed by atoms with E-state index in [1.165, 1.54) is 6.42 Å². The fourth-order valence-electron chi connectivity index (χ4n) is 3.11. The Morgan fingerprint density at radius 2 is 1.71 bits per heavy atom. The Kier molecular flexibility index (Phi) is 5.85. The Balaban J connectivity index is 1.77. The van der Waals surface area contributed by atoms with Crippen molar-refractivity contribution in [2.45, 2.75) is 39.2 Å². The van der Waals surface area contributed by atoms with E-state index in [-0.39, 0.29) is 11.9 Å². The maximum atomic E-state index is 12.3. The van der Waals surface area contributed by atoms with Crippen molar-refractivity contribution in [2.75, 3.05) is 45.8 Å². The lowest BCUT2D eigenvalue weighted by Crippen LogP contribution is -2.54. The lowest BCUT2D eigenvalue weighted by Gasteiger charge is -2.37. The average molecular weight is 296 g/mol. The lowest BCUT2D eigenvalue weighted by molar-refractivity contribution is -0.133. The van der Waals surface area contributed by atoms with Gasteiger partial charge in [0.15, 0.2) is 0 Å². The first-order valence-electron chi connectivity index (χ1n) is 8.20. The molecule has 0 aromatic heterocycles. The quantitative estimate of drug-likeness (QED) is 0.832. The third-order valence-corrected chi connectivity index (χ3v) is 4.52. The summed E-state index contributed by atoms with van der Waals surface area (Å²) >= 11 is 0. The van der Waals surface area contributed by atoms with Crippen LogP contribution in [0.2, 0.25) is 0 Å². The molecular weight excluding hydrogens is 268 g/mol. The monoisotopic (exact) mass is 296 g/mol. The Morgan fingerprint density at radius 1 is 1.10 bits per heavy atom. The summed E-state index contributed by atoms with van der Waals surface area (Å²) in [4.78, 5) is 30.1. The number of nitrogens with zero attached hydrogens (tertiary/aromatic N) is 3. The first-order chi connectivity index (χ1) is 10.2. The summed E-state index contributed by atoms with van der Waals surface area (Å²) in [7, 11) is 0. The summed E-state index contributed by atoms with van der Waals surface area (Å²) in [5.41, 5.74) is 0. The van der Waals surface area contributed by atoms with Crippen LogP contribution in [0, 0.1) is 0 Å². The summed E-state index contributed by atoms with van der Waals surface area (Å²) in [5.74, 6) is 0.226. The molecule has 120 valence electrons. The highest BCUT2D eigenvalue weighted by atomic mass is 16.2. The van der Waals surface area contributed by atoms with Gasteiger partial charge in [-0.1, -0.05) is 0 Å². The molecule has 2 rings (SSSR count).